The predicted octanol–water partition coefficient (Wildman–Crippen LogP) is 1.41. The van der Waals surface area contributed by atoms with Crippen LogP contribution in [0.5, 0.6) is 0 Å². The highest BCUT2D eigenvalue weighted by molar-refractivity contribution is 5.97. The highest BCUT2D eigenvalue weighted by atomic mass is 16.5. The Hall–Kier alpha value is -1.62. The first kappa shape index (κ1) is 12.8. The fourth-order valence-electron chi connectivity index (χ4n) is 2.27. The third kappa shape index (κ3) is 2.98. The normalized spacial score (nSPS) is 18.3. The maximum atomic E-state index is 11.3. The van der Waals surface area contributed by atoms with Gasteiger partial charge in [-0.2, -0.15) is 0 Å². The topological polar surface area (TPSA) is 77.2 Å². The summed E-state index contributed by atoms with van der Waals surface area (Å²) >= 11 is 0. The third-order valence-electron chi connectivity index (χ3n) is 3.41. The van der Waals surface area contributed by atoms with E-state index in [2.05, 4.69) is 17.2 Å². The Bertz CT molecular complexity index is 416. The molecule has 1 aromatic heterocycles. The standard InChI is InChI=1S/C13H19N3O2/c1-9(10-4-7-18-8-5-10)16-13-11(12(14)17)3-2-6-15-13/h2-3,6,9-10H,4-5,7-8H2,1H3,(H2,14,17)(H,15,16). The van der Waals surface area contributed by atoms with Crippen LogP contribution >= 0.6 is 0 Å². The molecule has 0 bridgehead atoms. The zero-order valence-corrected chi connectivity index (χ0v) is 10.6. The molecule has 3 N–H and O–H groups in total. The van der Waals surface area contributed by atoms with E-state index in [1.807, 2.05) is 0 Å². The van der Waals surface area contributed by atoms with Crippen molar-refractivity contribution < 1.29 is 9.53 Å². The molecule has 1 saturated heterocycles. The summed E-state index contributed by atoms with van der Waals surface area (Å²) in [4.78, 5) is 15.5. The van der Waals surface area contributed by atoms with Gasteiger partial charge in [0.15, 0.2) is 0 Å². The zero-order chi connectivity index (χ0) is 13.0. The molecular formula is C13H19N3O2. The highest BCUT2D eigenvalue weighted by Crippen LogP contribution is 2.22. The van der Waals surface area contributed by atoms with Gasteiger partial charge in [0.25, 0.3) is 5.91 Å². The second-order valence-corrected chi connectivity index (χ2v) is 4.65. The number of primary amides is 1. The maximum absolute atomic E-state index is 11.3. The van der Waals surface area contributed by atoms with Gasteiger partial charge in [0, 0.05) is 25.5 Å². The molecule has 0 spiro atoms. The summed E-state index contributed by atoms with van der Waals surface area (Å²) in [6.07, 6.45) is 3.73. The van der Waals surface area contributed by atoms with Crippen LogP contribution in [0, 0.1) is 5.92 Å². The van der Waals surface area contributed by atoms with E-state index < -0.39 is 5.91 Å². The minimum absolute atomic E-state index is 0.252. The first-order valence-corrected chi connectivity index (χ1v) is 6.27. The Balaban J connectivity index is 2.06. The van der Waals surface area contributed by atoms with Crippen LogP contribution in [0.4, 0.5) is 5.82 Å². The number of carbonyl (C=O) groups excluding carboxylic acids is 1. The van der Waals surface area contributed by atoms with E-state index in [0.717, 1.165) is 26.1 Å². The van der Waals surface area contributed by atoms with Crippen molar-refractivity contribution in [2.24, 2.45) is 11.7 Å². The molecule has 0 radical (unpaired) electrons. The number of carbonyl (C=O) groups is 1. The molecule has 1 unspecified atom stereocenters. The van der Waals surface area contributed by atoms with E-state index in [9.17, 15) is 4.79 Å². The SMILES string of the molecule is CC(Nc1ncccc1C(N)=O)C1CCOCC1. The average molecular weight is 249 g/mol. The average Bonchev–Trinajstić information content (AvgIpc) is 2.40. The molecule has 0 aromatic carbocycles. The predicted molar refractivity (Wildman–Crippen MR) is 69.4 cm³/mol. The number of rotatable bonds is 4. The molecular weight excluding hydrogens is 230 g/mol. The van der Waals surface area contributed by atoms with Gasteiger partial charge in [-0.1, -0.05) is 0 Å². The number of nitrogens with two attached hydrogens (primary N) is 1. The lowest BCUT2D eigenvalue weighted by atomic mass is 9.93. The molecule has 98 valence electrons. The van der Waals surface area contributed by atoms with Crippen molar-refractivity contribution in [2.45, 2.75) is 25.8 Å². The molecule has 1 aliphatic heterocycles. The molecule has 1 aliphatic rings. The lowest BCUT2D eigenvalue weighted by Gasteiger charge is -2.29. The molecule has 2 heterocycles. The first-order valence-electron chi connectivity index (χ1n) is 6.27. The summed E-state index contributed by atoms with van der Waals surface area (Å²) in [5.41, 5.74) is 5.77. The van der Waals surface area contributed by atoms with E-state index in [1.165, 1.54) is 0 Å². The van der Waals surface area contributed by atoms with Gasteiger partial charge in [-0.15, -0.1) is 0 Å². The fraction of sp³-hybridized carbons (Fsp3) is 0.538. The number of anilines is 1. The summed E-state index contributed by atoms with van der Waals surface area (Å²) in [5, 5.41) is 3.29. The van der Waals surface area contributed by atoms with Crippen molar-refractivity contribution in [1.82, 2.24) is 4.98 Å². The molecule has 18 heavy (non-hydrogen) atoms. The molecule has 1 fully saturated rings. The highest BCUT2D eigenvalue weighted by Gasteiger charge is 2.21. The number of aromatic nitrogens is 1. The van der Waals surface area contributed by atoms with Crippen LogP contribution in [0.3, 0.4) is 0 Å². The van der Waals surface area contributed by atoms with E-state index in [-0.39, 0.29) is 6.04 Å². The first-order chi connectivity index (χ1) is 8.68. The fourth-order valence-corrected chi connectivity index (χ4v) is 2.27. The largest absolute Gasteiger partial charge is 0.381 e. The van der Waals surface area contributed by atoms with Crippen molar-refractivity contribution in [3.05, 3.63) is 23.9 Å². The molecule has 1 amide bonds. The van der Waals surface area contributed by atoms with Gasteiger partial charge in [0.05, 0.1) is 5.56 Å². The van der Waals surface area contributed by atoms with Crippen LogP contribution < -0.4 is 11.1 Å². The summed E-state index contributed by atoms with van der Waals surface area (Å²) < 4.78 is 5.34. The summed E-state index contributed by atoms with van der Waals surface area (Å²) in [6.45, 7) is 3.72. The molecule has 2 rings (SSSR count). The molecule has 0 saturated carbocycles. The molecule has 5 heteroatoms. The lowest BCUT2D eigenvalue weighted by molar-refractivity contribution is 0.0622. The van der Waals surface area contributed by atoms with Gasteiger partial charge < -0.3 is 15.8 Å². The minimum atomic E-state index is -0.454. The van der Waals surface area contributed by atoms with Gasteiger partial charge in [0.2, 0.25) is 0 Å². The third-order valence-corrected chi connectivity index (χ3v) is 3.41. The summed E-state index contributed by atoms with van der Waals surface area (Å²) in [7, 11) is 0. The molecule has 5 nitrogen and oxygen atoms in total. The monoisotopic (exact) mass is 249 g/mol. The Morgan fingerprint density at radius 2 is 2.28 bits per heavy atom. The van der Waals surface area contributed by atoms with E-state index in [0.29, 0.717) is 17.3 Å². The quantitative estimate of drug-likeness (QED) is 0.845. The Morgan fingerprint density at radius 1 is 1.56 bits per heavy atom. The van der Waals surface area contributed by atoms with E-state index >= 15 is 0 Å². The van der Waals surface area contributed by atoms with Crippen molar-refractivity contribution in [1.29, 1.82) is 0 Å². The molecule has 0 aliphatic carbocycles. The smallest absolute Gasteiger partial charge is 0.252 e. The number of pyridine rings is 1. The number of hydrogen-bond donors (Lipinski definition) is 2. The van der Waals surface area contributed by atoms with Crippen molar-refractivity contribution in [3.8, 4) is 0 Å². The van der Waals surface area contributed by atoms with Gasteiger partial charge in [-0.25, -0.2) is 4.98 Å². The number of hydrogen-bond acceptors (Lipinski definition) is 4. The van der Waals surface area contributed by atoms with Gasteiger partial charge in [0.1, 0.15) is 5.82 Å². The van der Waals surface area contributed by atoms with Crippen molar-refractivity contribution in [3.63, 3.8) is 0 Å². The van der Waals surface area contributed by atoms with Crippen LogP contribution in [0.15, 0.2) is 18.3 Å². The number of nitrogens with one attached hydrogen (secondary N) is 1. The molecule has 1 aromatic rings. The van der Waals surface area contributed by atoms with Crippen molar-refractivity contribution >= 4 is 11.7 Å². The Kier molecular flexibility index (Phi) is 4.15. The number of nitrogens with zero attached hydrogens (tertiary/aromatic N) is 1. The van der Waals surface area contributed by atoms with Gasteiger partial charge in [-0.05, 0) is 37.8 Å². The van der Waals surface area contributed by atoms with E-state index in [4.69, 9.17) is 10.5 Å². The Labute approximate surface area is 107 Å². The molecule has 1 atom stereocenters. The summed E-state index contributed by atoms with van der Waals surface area (Å²) in [6, 6.07) is 3.65. The van der Waals surface area contributed by atoms with Crippen LogP contribution in [0.25, 0.3) is 0 Å². The van der Waals surface area contributed by atoms with Crippen LogP contribution in [0.2, 0.25) is 0 Å². The zero-order valence-electron chi connectivity index (χ0n) is 10.6. The van der Waals surface area contributed by atoms with Crippen LogP contribution in [-0.2, 0) is 4.74 Å². The van der Waals surface area contributed by atoms with Gasteiger partial charge in [-0.3, -0.25) is 4.79 Å². The number of ether oxygens (including phenoxy) is 1. The van der Waals surface area contributed by atoms with E-state index in [1.54, 1.807) is 18.3 Å². The van der Waals surface area contributed by atoms with Gasteiger partial charge >= 0.3 is 0 Å². The minimum Gasteiger partial charge on any atom is -0.381 e. The van der Waals surface area contributed by atoms with Crippen LogP contribution in [-0.4, -0.2) is 30.1 Å². The lowest BCUT2D eigenvalue weighted by Crippen LogP contribution is -2.32. The Morgan fingerprint density at radius 3 is 2.94 bits per heavy atom. The number of amides is 1. The van der Waals surface area contributed by atoms with Crippen LogP contribution in [0.1, 0.15) is 30.1 Å². The maximum Gasteiger partial charge on any atom is 0.252 e. The second-order valence-electron chi connectivity index (χ2n) is 4.65. The van der Waals surface area contributed by atoms with Crippen molar-refractivity contribution in [2.75, 3.05) is 18.5 Å². The second kappa shape index (κ2) is 5.82. The summed E-state index contributed by atoms with van der Waals surface area (Å²) in [5.74, 6) is 0.662.